The number of aryl methyl sites for hydroxylation is 1. The molecule has 1 saturated carbocycles. The topological polar surface area (TPSA) is 80.9 Å². The molecular formula is C18H24N4O2. The maximum absolute atomic E-state index is 12.2. The second kappa shape index (κ2) is 7.55. The fourth-order valence-corrected chi connectivity index (χ4v) is 3.25. The van der Waals surface area contributed by atoms with E-state index in [0.29, 0.717) is 36.4 Å². The first kappa shape index (κ1) is 16.6. The van der Waals surface area contributed by atoms with Crippen molar-refractivity contribution in [3.05, 3.63) is 30.4 Å². The minimum atomic E-state index is 0.0575. The average molecular weight is 328 g/mol. The van der Waals surface area contributed by atoms with Gasteiger partial charge in [-0.2, -0.15) is 4.98 Å². The van der Waals surface area contributed by atoms with Gasteiger partial charge in [0.15, 0.2) is 0 Å². The molecule has 1 N–H and O–H groups in total. The van der Waals surface area contributed by atoms with Gasteiger partial charge in [-0.15, -0.1) is 0 Å². The Morgan fingerprint density at radius 2 is 2.25 bits per heavy atom. The summed E-state index contributed by atoms with van der Waals surface area (Å²) in [5, 5.41) is 7.11. The highest BCUT2D eigenvalue weighted by Gasteiger charge is 2.28. The number of carbonyl (C=O) groups is 1. The zero-order valence-corrected chi connectivity index (χ0v) is 14.2. The van der Waals surface area contributed by atoms with Gasteiger partial charge in [0.2, 0.25) is 17.6 Å². The van der Waals surface area contributed by atoms with E-state index in [1.165, 1.54) is 12.8 Å². The molecule has 2 aromatic rings. The minimum absolute atomic E-state index is 0.0575. The summed E-state index contributed by atoms with van der Waals surface area (Å²) < 4.78 is 5.23. The largest absolute Gasteiger partial charge is 0.353 e. The van der Waals surface area contributed by atoms with Crippen molar-refractivity contribution in [2.45, 2.75) is 52.0 Å². The lowest BCUT2D eigenvalue weighted by Gasteiger charge is -2.34. The maximum Gasteiger partial charge on any atom is 0.227 e. The maximum atomic E-state index is 12.2. The SMILES string of the molecule is C[C@H]1[C@@H](NC(=O)CCc2nc(-c3cccnc3)no2)CCC[C@@H]1C. The smallest absolute Gasteiger partial charge is 0.227 e. The van der Waals surface area contributed by atoms with Crippen molar-refractivity contribution < 1.29 is 9.32 Å². The number of amides is 1. The van der Waals surface area contributed by atoms with Crippen LogP contribution in [0.25, 0.3) is 11.4 Å². The van der Waals surface area contributed by atoms with Crippen LogP contribution in [0.3, 0.4) is 0 Å². The average Bonchev–Trinajstić information content (AvgIpc) is 3.07. The van der Waals surface area contributed by atoms with Gasteiger partial charge in [0, 0.05) is 36.8 Å². The first-order chi connectivity index (χ1) is 11.6. The van der Waals surface area contributed by atoms with E-state index < -0.39 is 0 Å². The van der Waals surface area contributed by atoms with Crippen LogP contribution >= 0.6 is 0 Å². The lowest BCUT2D eigenvalue weighted by molar-refractivity contribution is -0.122. The molecule has 3 atom stereocenters. The van der Waals surface area contributed by atoms with Gasteiger partial charge in [0.05, 0.1) is 0 Å². The molecule has 0 bridgehead atoms. The molecule has 1 aliphatic rings. The molecule has 0 aromatic carbocycles. The van der Waals surface area contributed by atoms with E-state index >= 15 is 0 Å². The number of hydrogen-bond acceptors (Lipinski definition) is 5. The number of carbonyl (C=O) groups excluding carboxylic acids is 1. The molecule has 1 aliphatic carbocycles. The third kappa shape index (κ3) is 3.99. The predicted molar refractivity (Wildman–Crippen MR) is 90.0 cm³/mol. The number of nitrogens with one attached hydrogen (secondary N) is 1. The molecular weight excluding hydrogens is 304 g/mol. The normalized spacial score (nSPS) is 23.8. The molecule has 24 heavy (non-hydrogen) atoms. The summed E-state index contributed by atoms with van der Waals surface area (Å²) in [4.78, 5) is 20.6. The highest BCUT2D eigenvalue weighted by atomic mass is 16.5. The minimum Gasteiger partial charge on any atom is -0.353 e. The van der Waals surface area contributed by atoms with Gasteiger partial charge in [0.25, 0.3) is 0 Å². The van der Waals surface area contributed by atoms with E-state index in [4.69, 9.17) is 4.52 Å². The molecule has 0 aliphatic heterocycles. The van der Waals surface area contributed by atoms with Crippen molar-refractivity contribution in [3.63, 3.8) is 0 Å². The molecule has 128 valence electrons. The van der Waals surface area contributed by atoms with Gasteiger partial charge in [0.1, 0.15) is 0 Å². The Bertz CT molecular complexity index is 671. The third-order valence-corrected chi connectivity index (χ3v) is 5.01. The molecule has 0 saturated heterocycles. The number of rotatable bonds is 5. The fraction of sp³-hybridized carbons (Fsp3) is 0.556. The quantitative estimate of drug-likeness (QED) is 0.912. The standard InChI is InChI=1S/C18H24N4O2/c1-12-5-3-7-15(13(12)2)20-16(23)8-9-17-21-18(22-24-17)14-6-4-10-19-11-14/h4,6,10-13,15H,3,5,7-9H2,1-2H3,(H,20,23)/t12-,13+,15-/m0/s1. The second-order valence-corrected chi connectivity index (χ2v) is 6.69. The molecule has 1 amide bonds. The Morgan fingerprint density at radius 3 is 3.04 bits per heavy atom. The van der Waals surface area contributed by atoms with Crippen LogP contribution in [-0.2, 0) is 11.2 Å². The Hall–Kier alpha value is -2.24. The Labute approximate surface area is 142 Å². The van der Waals surface area contributed by atoms with Crippen molar-refractivity contribution in [2.24, 2.45) is 11.8 Å². The summed E-state index contributed by atoms with van der Waals surface area (Å²) in [6, 6.07) is 3.99. The highest BCUT2D eigenvalue weighted by molar-refractivity contribution is 5.76. The summed E-state index contributed by atoms with van der Waals surface area (Å²) in [6.07, 6.45) is 7.72. The Kier molecular flexibility index (Phi) is 5.23. The third-order valence-electron chi connectivity index (χ3n) is 5.01. The van der Waals surface area contributed by atoms with Crippen LogP contribution in [-0.4, -0.2) is 27.1 Å². The van der Waals surface area contributed by atoms with E-state index in [0.717, 1.165) is 12.0 Å². The summed E-state index contributed by atoms with van der Waals surface area (Å²) in [6.45, 7) is 4.49. The number of nitrogens with zero attached hydrogens (tertiary/aromatic N) is 3. The Balaban J connectivity index is 1.51. The monoisotopic (exact) mass is 328 g/mol. The van der Waals surface area contributed by atoms with Crippen LogP contribution < -0.4 is 5.32 Å². The number of aromatic nitrogens is 3. The second-order valence-electron chi connectivity index (χ2n) is 6.69. The first-order valence-electron chi connectivity index (χ1n) is 8.66. The van der Waals surface area contributed by atoms with Crippen LogP contribution in [0.5, 0.6) is 0 Å². The van der Waals surface area contributed by atoms with Crippen LogP contribution in [0.1, 0.15) is 45.4 Å². The van der Waals surface area contributed by atoms with E-state index in [1.54, 1.807) is 12.4 Å². The predicted octanol–water partition coefficient (Wildman–Crippen LogP) is 3.01. The van der Waals surface area contributed by atoms with Gasteiger partial charge < -0.3 is 9.84 Å². The molecule has 1 fully saturated rings. The van der Waals surface area contributed by atoms with Crippen molar-refractivity contribution in [1.82, 2.24) is 20.4 Å². The zero-order valence-electron chi connectivity index (χ0n) is 14.2. The molecule has 0 unspecified atom stereocenters. The van der Waals surface area contributed by atoms with E-state index in [-0.39, 0.29) is 11.9 Å². The molecule has 6 nitrogen and oxygen atoms in total. The van der Waals surface area contributed by atoms with Crippen LogP contribution in [0.4, 0.5) is 0 Å². The Morgan fingerprint density at radius 1 is 1.38 bits per heavy atom. The first-order valence-corrected chi connectivity index (χ1v) is 8.66. The van der Waals surface area contributed by atoms with E-state index in [2.05, 4.69) is 34.3 Å². The van der Waals surface area contributed by atoms with Gasteiger partial charge >= 0.3 is 0 Å². The highest BCUT2D eigenvalue weighted by Crippen LogP contribution is 2.29. The van der Waals surface area contributed by atoms with Gasteiger partial charge in [-0.05, 0) is 30.4 Å². The lowest BCUT2D eigenvalue weighted by Crippen LogP contribution is -2.43. The molecule has 6 heteroatoms. The number of hydrogen-bond donors (Lipinski definition) is 1. The van der Waals surface area contributed by atoms with Crippen molar-refractivity contribution in [1.29, 1.82) is 0 Å². The summed E-state index contributed by atoms with van der Waals surface area (Å²) >= 11 is 0. The summed E-state index contributed by atoms with van der Waals surface area (Å²) in [5.74, 6) is 2.25. The van der Waals surface area contributed by atoms with Gasteiger partial charge in [-0.1, -0.05) is 31.8 Å². The molecule has 2 heterocycles. The van der Waals surface area contributed by atoms with Crippen molar-refractivity contribution in [2.75, 3.05) is 0 Å². The van der Waals surface area contributed by atoms with E-state index in [9.17, 15) is 4.79 Å². The van der Waals surface area contributed by atoms with Crippen molar-refractivity contribution in [3.8, 4) is 11.4 Å². The number of pyridine rings is 1. The lowest BCUT2D eigenvalue weighted by atomic mass is 9.78. The molecule has 2 aromatic heterocycles. The molecule has 0 radical (unpaired) electrons. The van der Waals surface area contributed by atoms with Crippen LogP contribution in [0, 0.1) is 11.8 Å². The summed E-state index contributed by atoms with van der Waals surface area (Å²) in [5.41, 5.74) is 0.807. The van der Waals surface area contributed by atoms with Gasteiger partial charge in [-0.25, -0.2) is 0 Å². The van der Waals surface area contributed by atoms with Crippen LogP contribution in [0.15, 0.2) is 29.0 Å². The zero-order chi connectivity index (χ0) is 16.9. The van der Waals surface area contributed by atoms with Crippen molar-refractivity contribution >= 4 is 5.91 Å². The molecule has 0 spiro atoms. The molecule has 3 rings (SSSR count). The van der Waals surface area contributed by atoms with Gasteiger partial charge in [-0.3, -0.25) is 9.78 Å². The van der Waals surface area contributed by atoms with E-state index in [1.807, 2.05) is 12.1 Å². The van der Waals surface area contributed by atoms with Crippen LogP contribution in [0.2, 0.25) is 0 Å². The fourth-order valence-electron chi connectivity index (χ4n) is 3.25. The summed E-state index contributed by atoms with van der Waals surface area (Å²) in [7, 11) is 0.